The van der Waals surface area contributed by atoms with Gasteiger partial charge < -0.3 is 0 Å². The maximum Gasteiger partial charge on any atom is 0.333 e. The molecule has 5 aromatic rings. The molecule has 38 heavy (non-hydrogen) atoms. The van der Waals surface area contributed by atoms with E-state index in [9.17, 15) is 4.79 Å². The molecule has 0 aliphatic rings. The molecule has 0 unspecified atom stereocenters. The summed E-state index contributed by atoms with van der Waals surface area (Å²) in [5.41, 5.74) is 8.31. The lowest BCUT2D eigenvalue weighted by Gasteiger charge is -2.24. The summed E-state index contributed by atoms with van der Waals surface area (Å²) in [5.74, 6) is 0.563. The number of nitrogens with zero attached hydrogens (tertiary/aromatic N) is 5. The first kappa shape index (κ1) is 25.4. The molecule has 0 saturated heterocycles. The summed E-state index contributed by atoms with van der Waals surface area (Å²) in [7, 11) is 0. The fraction of sp³-hybridized carbons (Fsp3) is 0.290. The molecular weight excluding hydrogens is 472 g/mol. The van der Waals surface area contributed by atoms with Gasteiger partial charge in [-0.05, 0) is 51.8 Å². The summed E-state index contributed by atoms with van der Waals surface area (Å²) in [6.07, 6.45) is 3.85. The number of hydrogen-bond acceptors (Lipinski definition) is 4. The van der Waals surface area contributed by atoms with E-state index in [0.29, 0.717) is 12.4 Å². The Kier molecular flexibility index (Phi) is 6.85. The molecule has 0 atom stereocenters. The molecule has 3 aromatic carbocycles. The Morgan fingerprint density at radius 3 is 2.32 bits per heavy atom. The van der Waals surface area contributed by atoms with E-state index in [1.165, 1.54) is 5.56 Å². The van der Waals surface area contributed by atoms with Gasteiger partial charge >= 0.3 is 5.69 Å². The SMILES string of the molecule is CCCc1cn(-c2c(C)cccc2C(C)(C)C)c(=O)n1Cc1ccc(-c2ccccc2-c2nn[nH]n2)cc1. The molecule has 0 fully saturated rings. The van der Waals surface area contributed by atoms with Crippen molar-refractivity contribution in [3.05, 3.63) is 106 Å². The summed E-state index contributed by atoms with van der Waals surface area (Å²) < 4.78 is 3.78. The maximum absolute atomic E-state index is 13.9. The monoisotopic (exact) mass is 506 g/mol. The minimum atomic E-state index is -0.0819. The lowest BCUT2D eigenvalue weighted by molar-refractivity contribution is 0.584. The van der Waals surface area contributed by atoms with Gasteiger partial charge in [0.2, 0.25) is 5.82 Å². The molecule has 0 radical (unpaired) electrons. The second-order valence-corrected chi connectivity index (χ2v) is 10.8. The standard InChI is InChI=1S/C31H34N6O/c1-6-10-24-20-37(28-21(2)11-9-14-27(28)31(3,4)5)30(38)36(24)19-22-15-17-23(18-16-22)25-12-7-8-13-26(25)29-32-34-35-33-29/h7-9,11-18,20H,6,10,19H2,1-5H3,(H,32,33,34,35). The zero-order valence-corrected chi connectivity index (χ0v) is 22.7. The van der Waals surface area contributed by atoms with Crippen molar-refractivity contribution < 1.29 is 0 Å². The van der Waals surface area contributed by atoms with Crippen LogP contribution >= 0.6 is 0 Å². The van der Waals surface area contributed by atoms with Gasteiger partial charge in [-0.3, -0.25) is 9.13 Å². The van der Waals surface area contributed by atoms with Crippen molar-refractivity contribution in [2.45, 2.75) is 59.4 Å². The molecule has 0 bridgehead atoms. The Labute approximate surface area is 223 Å². The van der Waals surface area contributed by atoms with Crippen molar-refractivity contribution in [2.24, 2.45) is 0 Å². The fourth-order valence-corrected chi connectivity index (χ4v) is 5.07. The number of tetrazole rings is 1. The van der Waals surface area contributed by atoms with Gasteiger partial charge in [-0.1, -0.05) is 101 Å². The number of hydrogen-bond donors (Lipinski definition) is 1. The third kappa shape index (κ3) is 4.84. The fourth-order valence-electron chi connectivity index (χ4n) is 5.07. The highest BCUT2D eigenvalue weighted by atomic mass is 16.1. The third-order valence-corrected chi connectivity index (χ3v) is 6.97. The van der Waals surface area contributed by atoms with Gasteiger partial charge in [-0.15, -0.1) is 10.2 Å². The number of aromatic nitrogens is 6. The van der Waals surface area contributed by atoms with Crippen molar-refractivity contribution in [1.29, 1.82) is 0 Å². The molecular formula is C31H34N6O. The average Bonchev–Trinajstić information content (AvgIpc) is 3.54. The van der Waals surface area contributed by atoms with Crippen molar-refractivity contribution in [2.75, 3.05) is 0 Å². The van der Waals surface area contributed by atoms with Gasteiger partial charge in [-0.25, -0.2) is 4.79 Å². The van der Waals surface area contributed by atoms with Crippen molar-refractivity contribution in [3.8, 4) is 28.2 Å². The number of aromatic amines is 1. The van der Waals surface area contributed by atoms with Crippen LogP contribution in [-0.4, -0.2) is 29.8 Å². The average molecular weight is 507 g/mol. The van der Waals surface area contributed by atoms with Crippen LogP contribution in [0.3, 0.4) is 0 Å². The van der Waals surface area contributed by atoms with Crippen LogP contribution in [0.4, 0.5) is 0 Å². The first-order valence-electron chi connectivity index (χ1n) is 13.1. The van der Waals surface area contributed by atoms with Gasteiger partial charge in [0.05, 0.1) is 12.2 Å². The Morgan fingerprint density at radius 1 is 0.921 bits per heavy atom. The van der Waals surface area contributed by atoms with Crippen LogP contribution in [0.2, 0.25) is 0 Å². The van der Waals surface area contributed by atoms with Gasteiger partial charge in [-0.2, -0.15) is 5.21 Å². The van der Waals surface area contributed by atoms with E-state index in [1.54, 1.807) is 0 Å². The van der Waals surface area contributed by atoms with Crippen LogP contribution in [0.5, 0.6) is 0 Å². The minimum absolute atomic E-state index is 0.000205. The Morgan fingerprint density at radius 2 is 1.66 bits per heavy atom. The topological polar surface area (TPSA) is 81.4 Å². The number of nitrogens with one attached hydrogen (secondary N) is 1. The van der Waals surface area contributed by atoms with Crippen molar-refractivity contribution in [1.82, 2.24) is 29.8 Å². The zero-order chi connectivity index (χ0) is 26.9. The molecule has 0 aliphatic carbocycles. The van der Waals surface area contributed by atoms with Crippen molar-refractivity contribution in [3.63, 3.8) is 0 Å². The number of imidazole rings is 1. The minimum Gasteiger partial charge on any atom is -0.292 e. The number of para-hydroxylation sites is 1. The van der Waals surface area contributed by atoms with Crippen LogP contribution in [0.15, 0.2) is 77.7 Å². The maximum atomic E-state index is 13.9. The normalized spacial score (nSPS) is 11.7. The molecule has 2 heterocycles. The first-order chi connectivity index (χ1) is 18.3. The summed E-state index contributed by atoms with van der Waals surface area (Å²) >= 11 is 0. The highest BCUT2D eigenvalue weighted by molar-refractivity contribution is 5.80. The molecule has 1 N–H and O–H groups in total. The van der Waals surface area contributed by atoms with Gasteiger partial charge in [0.25, 0.3) is 0 Å². The molecule has 7 nitrogen and oxygen atoms in total. The van der Waals surface area contributed by atoms with E-state index in [-0.39, 0.29) is 11.1 Å². The summed E-state index contributed by atoms with van der Waals surface area (Å²) in [6.45, 7) is 11.3. The number of aryl methyl sites for hydroxylation is 2. The number of H-pyrrole nitrogens is 1. The first-order valence-corrected chi connectivity index (χ1v) is 13.1. The second-order valence-electron chi connectivity index (χ2n) is 10.8. The van der Waals surface area contributed by atoms with E-state index < -0.39 is 0 Å². The third-order valence-electron chi connectivity index (χ3n) is 6.97. The quantitative estimate of drug-likeness (QED) is 0.289. The van der Waals surface area contributed by atoms with Crippen molar-refractivity contribution >= 4 is 0 Å². The molecule has 0 aliphatic heterocycles. The molecule has 0 spiro atoms. The van der Waals surface area contributed by atoms with E-state index >= 15 is 0 Å². The molecule has 0 saturated carbocycles. The zero-order valence-electron chi connectivity index (χ0n) is 22.7. The summed E-state index contributed by atoms with van der Waals surface area (Å²) in [5, 5.41) is 14.5. The lowest BCUT2D eigenvalue weighted by Crippen LogP contribution is -2.27. The molecule has 0 amide bonds. The van der Waals surface area contributed by atoms with Gasteiger partial charge in [0, 0.05) is 17.5 Å². The predicted molar refractivity (Wildman–Crippen MR) is 152 cm³/mol. The molecule has 194 valence electrons. The van der Waals surface area contributed by atoms with Crippen LogP contribution in [0.25, 0.3) is 28.2 Å². The van der Waals surface area contributed by atoms with Gasteiger partial charge in [0.1, 0.15) is 0 Å². The number of rotatable bonds is 7. The molecule has 7 heteroatoms. The summed E-state index contributed by atoms with van der Waals surface area (Å²) in [4.78, 5) is 13.9. The van der Waals surface area contributed by atoms with Crippen LogP contribution < -0.4 is 5.69 Å². The highest BCUT2D eigenvalue weighted by Gasteiger charge is 2.23. The molecule has 5 rings (SSSR count). The van der Waals surface area contributed by atoms with E-state index in [4.69, 9.17) is 0 Å². The van der Waals surface area contributed by atoms with Crippen LogP contribution in [-0.2, 0) is 18.4 Å². The van der Waals surface area contributed by atoms with Crippen LogP contribution in [0.1, 0.15) is 56.5 Å². The van der Waals surface area contributed by atoms with E-state index in [2.05, 4.69) is 104 Å². The lowest BCUT2D eigenvalue weighted by atomic mass is 9.84. The second kappa shape index (κ2) is 10.2. The van der Waals surface area contributed by atoms with Gasteiger partial charge in [0.15, 0.2) is 0 Å². The predicted octanol–water partition coefficient (Wildman–Crippen LogP) is 6.09. The highest BCUT2D eigenvalue weighted by Crippen LogP contribution is 2.31. The van der Waals surface area contributed by atoms with E-state index in [1.807, 2.05) is 33.5 Å². The molecule has 2 aromatic heterocycles. The summed E-state index contributed by atoms with van der Waals surface area (Å²) in [6, 6.07) is 22.7. The Bertz CT molecular complexity index is 1600. The Hall–Kier alpha value is -4.26. The number of benzene rings is 3. The van der Waals surface area contributed by atoms with Crippen LogP contribution in [0, 0.1) is 6.92 Å². The van der Waals surface area contributed by atoms with E-state index in [0.717, 1.165) is 52.0 Å². The Balaban J connectivity index is 1.52. The largest absolute Gasteiger partial charge is 0.333 e. The smallest absolute Gasteiger partial charge is 0.292 e.